The molecule has 0 aliphatic heterocycles. The van der Waals surface area contributed by atoms with Gasteiger partial charge in [0.25, 0.3) is 0 Å². The predicted molar refractivity (Wildman–Crippen MR) is 53.7 cm³/mol. The van der Waals surface area contributed by atoms with E-state index in [1.54, 1.807) is 12.1 Å². The third kappa shape index (κ3) is 1.11. The van der Waals surface area contributed by atoms with Crippen molar-refractivity contribution in [3.05, 3.63) is 18.0 Å². The Bertz CT molecular complexity index is 488. The Morgan fingerprint density at radius 3 is 2.79 bits per heavy atom. The normalized spacial score (nSPS) is 10.8. The number of hydrogen-bond donors (Lipinski definition) is 1. The summed E-state index contributed by atoms with van der Waals surface area (Å²) in [6, 6.07) is 3.39. The first-order valence-electron chi connectivity index (χ1n) is 4.33. The zero-order chi connectivity index (χ0) is 10.3. The van der Waals surface area contributed by atoms with E-state index in [0.29, 0.717) is 5.75 Å². The molecule has 0 spiro atoms. The van der Waals surface area contributed by atoms with Crippen molar-refractivity contribution < 1.29 is 9.84 Å². The van der Waals surface area contributed by atoms with Gasteiger partial charge in [0.05, 0.1) is 18.1 Å². The maximum Gasteiger partial charge on any atom is 0.162 e. The second kappa shape index (κ2) is 2.90. The fourth-order valence-electron chi connectivity index (χ4n) is 1.49. The van der Waals surface area contributed by atoms with Crippen molar-refractivity contribution in [2.75, 3.05) is 7.11 Å². The molecule has 0 fully saturated rings. The van der Waals surface area contributed by atoms with E-state index in [0.717, 1.165) is 16.9 Å². The van der Waals surface area contributed by atoms with E-state index < -0.39 is 0 Å². The summed E-state index contributed by atoms with van der Waals surface area (Å²) in [5.74, 6) is 1.51. The number of phenolic OH excluding ortho intramolecular Hbond substituents is 1. The number of nitrogens with zero attached hydrogens (tertiary/aromatic N) is 2. The number of methoxy groups -OCH3 is 1. The molecule has 0 aliphatic rings. The van der Waals surface area contributed by atoms with Crippen molar-refractivity contribution in [2.24, 2.45) is 7.05 Å². The van der Waals surface area contributed by atoms with Crippen LogP contribution in [0.2, 0.25) is 0 Å². The monoisotopic (exact) mass is 192 g/mol. The highest BCUT2D eigenvalue weighted by Gasteiger charge is 2.09. The fraction of sp³-hybridized carbons (Fsp3) is 0.300. The lowest BCUT2D eigenvalue weighted by Crippen LogP contribution is -1.91. The van der Waals surface area contributed by atoms with Crippen molar-refractivity contribution in [3.8, 4) is 11.5 Å². The van der Waals surface area contributed by atoms with Crippen molar-refractivity contribution in [1.29, 1.82) is 0 Å². The summed E-state index contributed by atoms with van der Waals surface area (Å²) in [7, 11) is 3.46. The maximum absolute atomic E-state index is 9.53. The Balaban J connectivity index is 2.80. The summed E-state index contributed by atoms with van der Waals surface area (Å²) in [4.78, 5) is 4.30. The average molecular weight is 192 g/mol. The molecule has 0 radical (unpaired) electrons. The van der Waals surface area contributed by atoms with Gasteiger partial charge in [-0.15, -0.1) is 0 Å². The Morgan fingerprint density at radius 2 is 2.14 bits per heavy atom. The SMILES string of the molecule is COc1cc2c(cc1O)nc(C)n2C. The molecule has 14 heavy (non-hydrogen) atoms. The Hall–Kier alpha value is -1.71. The third-order valence-corrected chi connectivity index (χ3v) is 2.41. The fourth-order valence-corrected chi connectivity index (χ4v) is 1.49. The van der Waals surface area contributed by atoms with Crippen LogP contribution in [-0.2, 0) is 7.05 Å². The van der Waals surface area contributed by atoms with Crippen LogP contribution in [0, 0.1) is 6.92 Å². The molecular weight excluding hydrogens is 180 g/mol. The molecule has 1 heterocycles. The quantitative estimate of drug-likeness (QED) is 0.746. The first kappa shape index (κ1) is 8.87. The van der Waals surface area contributed by atoms with Crippen LogP contribution in [0.3, 0.4) is 0 Å². The van der Waals surface area contributed by atoms with Crippen LogP contribution in [0.15, 0.2) is 12.1 Å². The second-order valence-corrected chi connectivity index (χ2v) is 3.23. The highest BCUT2D eigenvalue weighted by molar-refractivity contribution is 5.80. The standard InChI is InChI=1S/C10H12N2O2/c1-6-11-7-4-9(13)10(14-3)5-8(7)12(6)2/h4-5,13H,1-3H3. The smallest absolute Gasteiger partial charge is 0.162 e. The molecule has 1 N–H and O–H groups in total. The van der Waals surface area contributed by atoms with Crippen LogP contribution < -0.4 is 4.74 Å². The molecule has 0 saturated carbocycles. The predicted octanol–water partition coefficient (Wildman–Crippen LogP) is 1.60. The van der Waals surface area contributed by atoms with Gasteiger partial charge < -0.3 is 14.4 Å². The van der Waals surface area contributed by atoms with Crippen LogP contribution in [0.5, 0.6) is 11.5 Å². The number of aryl methyl sites for hydroxylation is 2. The Labute approximate surface area is 81.8 Å². The first-order valence-corrected chi connectivity index (χ1v) is 4.33. The Kier molecular flexibility index (Phi) is 1.84. The zero-order valence-electron chi connectivity index (χ0n) is 8.40. The molecular formula is C10H12N2O2. The minimum atomic E-state index is 0.123. The number of rotatable bonds is 1. The summed E-state index contributed by atoms with van der Waals surface area (Å²) < 4.78 is 6.98. The minimum Gasteiger partial charge on any atom is -0.504 e. The molecule has 0 bridgehead atoms. The van der Waals surface area contributed by atoms with Gasteiger partial charge in [0.2, 0.25) is 0 Å². The lowest BCUT2D eigenvalue weighted by molar-refractivity contribution is 0.374. The van der Waals surface area contributed by atoms with E-state index in [2.05, 4.69) is 4.98 Å². The van der Waals surface area contributed by atoms with Gasteiger partial charge in [0.15, 0.2) is 11.5 Å². The molecule has 2 rings (SSSR count). The third-order valence-electron chi connectivity index (χ3n) is 2.41. The van der Waals surface area contributed by atoms with Gasteiger partial charge in [-0.3, -0.25) is 0 Å². The van der Waals surface area contributed by atoms with Crippen LogP contribution in [0.4, 0.5) is 0 Å². The average Bonchev–Trinajstić information content (AvgIpc) is 2.41. The van der Waals surface area contributed by atoms with Gasteiger partial charge in [-0.05, 0) is 6.92 Å². The molecule has 2 aromatic rings. The lowest BCUT2D eigenvalue weighted by Gasteiger charge is -2.03. The molecule has 1 aromatic heterocycles. The highest BCUT2D eigenvalue weighted by atomic mass is 16.5. The van der Waals surface area contributed by atoms with Crippen molar-refractivity contribution in [2.45, 2.75) is 6.92 Å². The van der Waals surface area contributed by atoms with Crippen LogP contribution in [-0.4, -0.2) is 21.8 Å². The molecule has 0 amide bonds. The van der Waals surface area contributed by atoms with Crippen LogP contribution in [0.1, 0.15) is 5.82 Å². The van der Waals surface area contributed by atoms with Gasteiger partial charge >= 0.3 is 0 Å². The number of ether oxygens (including phenoxy) is 1. The molecule has 4 heteroatoms. The summed E-state index contributed by atoms with van der Waals surface area (Å²) in [6.45, 7) is 1.92. The molecule has 0 saturated heterocycles. The summed E-state index contributed by atoms with van der Waals surface area (Å²) >= 11 is 0. The molecule has 4 nitrogen and oxygen atoms in total. The van der Waals surface area contributed by atoms with E-state index in [1.807, 2.05) is 18.5 Å². The molecule has 0 aliphatic carbocycles. The second-order valence-electron chi connectivity index (χ2n) is 3.23. The van der Waals surface area contributed by atoms with E-state index in [1.165, 1.54) is 7.11 Å². The zero-order valence-corrected chi connectivity index (χ0v) is 8.40. The van der Waals surface area contributed by atoms with Crippen molar-refractivity contribution >= 4 is 11.0 Å². The summed E-state index contributed by atoms with van der Waals surface area (Å²) in [5.41, 5.74) is 1.74. The Morgan fingerprint density at radius 1 is 1.43 bits per heavy atom. The highest BCUT2D eigenvalue weighted by Crippen LogP contribution is 2.30. The van der Waals surface area contributed by atoms with Crippen LogP contribution >= 0.6 is 0 Å². The number of aromatic hydroxyl groups is 1. The van der Waals surface area contributed by atoms with E-state index in [-0.39, 0.29) is 5.75 Å². The molecule has 0 atom stereocenters. The number of fused-ring (bicyclic) bond motifs is 1. The number of benzene rings is 1. The van der Waals surface area contributed by atoms with Gasteiger partial charge in [0.1, 0.15) is 5.82 Å². The number of phenols is 1. The molecule has 0 unspecified atom stereocenters. The van der Waals surface area contributed by atoms with E-state index in [9.17, 15) is 5.11 Å². The number of imidazole rings is 1. The maximum atomic E-state index is 9.53. The summed E-state index contributed by atoms with van der Waals surface area (Å²) in [5, 5.41) is 9.53. The van der Waals surface area contributed by atoms with Gasteiger partial charge in [-0.25, -0.2) is 4.98 Å². The largest absolute Gasteiger partial charge is 0.504 e. The van der Waals surface area contributed by atoms with E-state index in [4.69, 9.17) is 4.74 Å². The lowest BCUT2D eigenvalue weighted by atomic mass is 10.3. The molecule has 1 aromatic carbocycles. The van der Waals surface area contributed by atoms with Crippen molar-refractivity contribution in [3.63, 3.8) is 0 Å². The molecule has 74 valence electrons. The van der Waals surface area contributed by atoms with Gasteiger partial charge in [-0.2, -0.15) is 0 Å². The first-order chi connectivity index (χ1) is 6.63. The topological polar surface area (TPSA) is 47.3 Å². The van der Waals surface area contributed by atoms with Gasteiger partial charge in [0, 0.05) is 19.2 Å². The summed E-state index contributed by atoms with van der Waals surface area (Å²) in [6.07, 6.45) is 0. The number of hydrogen-bond acceptors (Lipinski definition) is 3. The minimum absolute atomic E-state index is 0.123. The number of aromatic nitrogens is 2. The van der Waals surface area contributed by atoms with Crippen molar-refractivity contribution in [1.82, 2.24) is 9.55 Å². The van der Waals surface area contributed by atoms with Gasteiger partial charge in [-0.1, -0.05) is 0 Å². The van der Waals surface area contributed by atoms with E-state index >= 15 is 0 Å². The van der Waals surface area contributed by atoms with Crippen LogP contribution in [0.25, 0.3) is 11.0 Å².